The molecule has 0 amide bonds. The SMILES string of the molecule is Cc1ccc2c3oc4ccccc4c(=O)c3c(=O)n(C)c2n1. The molecule has 108 valence electrons. The number of aromatic nitrogens is 2. The van der Waals surface area contributed by atoms with Crippen LogP contribution in [0.4, 0.5) is 0 Å². The van der Waals surface area contributed by atoms with Crippen LogP contribution in [0.5, 0.6) is 0 Å². The van der Waals surface area contributed by atoms with Gasteiger partial charge in [-0.2, -0.15) is 0 Å². The zero-order chi connectivity index (χ0) is 15.4. The van der Waals surface area contributed by atoms with Crippen LogP contribution >= 0.6 is 0 Å². The van der Waals surface area contributed by atoms with Crippen LogP contribution in [-0.2, 0) is 7.05 Å². The van der Waals surface area contributed by atoms with Crippen molar-refractivity contribution >= 4 is 33.0 Å². The van der Waals surface area contributed by atoms with Crippen molar-refractivity contribution in [3.8, 4) is 0 Å². The average molecular weight is 292 g/mol. The van der Waals surface area contributed by atoms with E-state index in [2.05, 4.69) is 4.98 Å². The lowest BCUT2D eigenvalue weighted by atomic mass is 10.1. The minimum Gasteiger partial charge on any atom is -0.455 e. The molecule has 0 aliphatic carbocycles. The zero-order valence-electron chi connectivity index (χ0n) is 12.1. The summed E-state index contributed by atoms with van der Waals surface area (Å²) in [6.07, 6.45) is 0. The number of aryl methyl sites for hydroxylation is 2. The summed E-state index contributed by atoms with van der Waals surface area (Å²) in [5.74, 6) is 0. The number of pyridine rings is 2. The van der Waals surface area contributed by atoms with Gasteiger partial charge in [-0.15, -0.1) is 0 Å². The second-order valence-electron chi connectivity index (χ2n) is 5.32. The molecule has 0 aliphatic heterocycles. The van der Waals surface area contributed by atoms with Crippen molar-refractivity contribution < 1.29 is 4.42 Å². The minimum absolute atomic E-state index is 0.0688. The first-order valence-corrected chi connectivity index (χ1v) is 6.90. The van der Waals surface area contributed by atoms with Crippen molar-refractivity contribution in [3.63, 3.8) is 0 Å². The standard InChI is InChI=1S/C17H12N2O3/c1-9-7-8-11-15-13(17(21)19(2)16(11)18-9)14(20)10-5-3-4-6-12(10)22-15/h3-8H,1-2H3. The van der Waals surface area contributed by atoms with Crippen molar-refractivity contribution in [2.24, 2.45) is 7.05 Å². The molecule has 0 unspecified atom stereocenters. The molecule has 0 radical (unpaired) electrons. The highest BCUT2D eigenvalue weighted by Gasteiger charge is 2.17. The molecule has 3 heterocycles. The second kappa shape index (κ2) is 4.27. The van der Waals surface area contributed by atoms with Gasteiger partial charge < -0.3 is 4.42 Å². The molecule has 22 heavy (non-hydrogen) atoms. The maximum atomic E-state index is 12.7. The van der Waals surface area contributed by atoms with E-state index in [9.17, 15) is 9.59 Å². The fraction of sp³-hybridized carbons (Fsp3) is 0.118. The highest BCUT2D eigenvalue weighted by atomic mass is 16.3. The Bertz CT molecular complexity index is 1190. The number of para-hydroxylation sites is 1. The molecule has 0 fully saturated rings. The predicted molar refractivity (Wildman–Crippen MR) is 85.3 cm³/mol. The van der Waals surface area contributed by atoms with Crippen LogP contribution in [0.15, 0.2) is 50.4 Å². The number of fused-ring (bicyclic) bond motifs is 4. The maximum Gasteiger partial charge on any atom is 0.267 e. The van der Waals surface area contributed by atoms with Crippen LogP contribution < -0.4 is 11.0 Å². The Morgan fingerprint density at radius 3 is 2.64 bits per heavy atom. The lowest BCUT2D eigenvalue weighted by Crippen LogP contribution is -2.23. The second-order valence-corrected chi connectivity index (χ2v) is 5.32. The van der Waals surface area contributed by atoms with Gasteiger partial charge in [0.15, 0.2) is 5.58 Å². The van der Waals surface area contributed by atoms with Gasteiger partial charge in [0.1, 0.15) is 16.6 Å². The van der Waals surface area contributed by atoms with Gasteiger partial charge in [0.2, 0.25) is 5.43 Å². The Labute approximate surface area is 124 Å². The molecule has 3 aromatic heterocycles. The zero-order valence-corrected chi connectivity index (χ0v) is 12.1. The largest absolute Gasteiger partial charge is 0.455 e. The highest BCUT2D eigenvalue weighted by Crippen LogP contribution is 2.23. The van der Waals surface area contributed by atoms with Crippen molar-refractivity contribution in [2.45, 2.75) is 6.92 Å². The first-order valence-electron chi connectivity index (χ1n) is 6.90. The molecule has 4 rings (SSSR count). The number of hydrogen-bond acceptors (Lipinski definition) is 4. The summed E-state index contributed by atoms with van der Waals surface area (Å²) in [7, 11) is 1.62. The Hall–Kier alpha value is -2.95. The van der Waals surface area contributed by atoms with Crippen LogP contribution in [0.1, 0.15) is 5.69 Å². The van der Waals surface area contributed by atoms with Gasteiger partial charge >= 0.3 is 0 Å². The van der Waals surface area contributed by atoms with Gasteiger partial charge in [0.25, 0.3) is 5.56 Å². The molecule has 5 heteroatoms. The summed E-state index contributed by atoms with van der Waals surface area (Å²) >= 11 is 0. The molecule has 5 nitrogen and oxygen atoms in total. The average Bonchev–Trinajstić information content (AvgIpc) is 2.52. The third kappa shape index (κ3) is 1.56. The molecule has 0 saturated carbocycles. The Balaban J connectivity index is 2.42. The van der Waals surface area contributed by atoms with E-state index in [4.69, 9.17) is 4.42 Å². The van der Waals surface area contributed by atoms with Gasteiger partial charge in [-0.1, -0.05) is 12.1 Å². The Kier molecular flexibility index (Phi) is 2.48. The molecule has 0 N–H and O–H groups in total. The van der Waals surface area contributed by atoms with E-state index in [-0.39, 0.29) is 16.4 Å². The van der Waals surface area contributed by atoms with Gasteiger partial charge in [0.05, 0.1) is 10.8 Å². The summed E-state index contributed by atoms with van der Waals surface area (Å²) < 4.78 is 7.26. The molecule has 0 saturated heterocycles. The molecule has 0 atom stereocenters. The Morgan fingerprint density at radius 1 is 1.05 bits per heavy atom. The number of nitrogens with zero attached hydrogens (tertiary/aromatic N) is 2. The minimum atomic E-state index is -0.389. The van der Waals surface area contributed by atoms with E-state index in [0.717, 1.165) is 5.69 Å². The van der Waals surface area contributed by atoms with E-state index < -0.39 is 0 Å². The Morgan fingerprint density at radius 2 is 1.82 bits per heavy atom. The third-order valence-electron chi connectivity index (χ3n) is 3.89. The van der Waals surface area contributed by atoms with Gasteiger partial charge in [-0.3, -0.25) is 14.2 Å². The van der Waals surface area contributed by atoms with Gasteiger partial charge in [-0.25, -0.2) is 4.98 Å². The van der Waals surface area contributed by atoms with Crippen molar-refractivity contribution in [1.82, 2.24) is 9.55 Å². The first-order chi connectivity index (χ1) is 10.6. The number of rotatable bonds is 0. The molecule has 0 spiro atoms. The van der Waals surface area contributed by atoms with Crippen LogP contribution in [0.2, 0.25) is 0 Å². The van der Waals surface area contributed by atoms with Crippen molar-refractivity contribution in [1.29, 1.82) is 0 Å². The lowest BCUT2D eigenvalue weighted by Gasteiger charge is -2.08. The quantitative estimate of drug-likeness (QED) is 0.369. The highest BCUT2D eigenvalue weighted by molar-refractivity contribution is 6.03. The maximum absolute atomic E-state index is 12.7. The summed E-state index contributed by atoms with van der Waals surface area (Å²) in [5, 5.41) is 1.14. The van der Waals surface area contributed by atoms with Crippen LogP contribution in [0.3, 0.4) is 0 Å². The molecule has 4 aromatic rings. The molecular formula is C17H12N2O3. The molecule has 0 aliphatic rings. The predicted octanol–water partition coefficient (Wildman–Crippen LogP) is 2.50. The van der Waals surface area contributed by atoms with Gasteiger partial charge in [0, 0.05) is 12.7 Å². The molecule has 1 aromatic carbocycles. The van der Waals surface area contributed by atoms with Crippen LogP contribution in [-0.4, -0.2) is 9.55 Å². The van der Waals surface area contributed by atoms with Crippen molar-refractivity contribution in [2.75, 3.05) is 0 Å². The fourth-order valence-corrected chi connectivity index (χ4v) is 2.77. The lowest BCUT2D eigenvalue weighted by molar-refractivity contribution is 0.661. The summed E-state index contributed by atoms with van der Waals surface area (Å²) in [4.78, 5) is 29.7. The number of hydrogen-bond donors (Lipinski definition) is 0. The van der Waals surface area contributed by atoms with E-state index in [1.165, 1.54) is 4.57 Å². The summed E-state index contributed by atoms with van der Waals surface area (Å²) in [6, 6.07) is 10.6. The number of benzene rings is 1. The molecular weight excluding hydrogens is 280 g/mol. The smallest absolute Gasteiger partial charge is 0.267 e. The monoisotopic (exact) mass is 292 g/mol. The summed E-state index contributed by atoms with van der Waals surface area (Å²) in [5.41, 5.74) is 1.38. The van der Waals surface area contributed by atoms with E-state index in [0.29, 0.717) is 27.6 Å². The third-order valence-corrected chi connectivity index (χ3v) is 3.89. The topological polar surface area (TPSA) is 65.1 Å². The van der Waals surface area contributed by atoms with E-state index in [1.807, 2.05) is 19.1 Å². The van der Waals surface area contributed by atoms with E-state index >= 15 is 0 Å². The normalized spacial score (nSPS) is 11.5. The van der Waals surface area contributed by atoms with E-state index in [1.54, 1.807) is 31.3 Å². The first kappa shape index (κ1) is 12.8. The van der Waals surface area contributed by atoms with Crippen molar-refractivity contribution in [3.05, 3.63) is 62.7 Å². The fourth-order valence-electron chi connectivity index (χ4n) is 2.77. The van der Waals surface area contributed by atoms with Gasteiger partial charge in [-0.05, 0) is 31.2 Å². The summed E-state index contributed by atoms with van der Waals surface area (Å²) in [6.45, 7) is 1.85. The molecule has 0 bridgehead atoms. The van der Waals surface area contributed by atoms with Crippen LogP contribution in [0, 0.1) is 6.92 Å². The van der Waals surface area contributed by atoms with Crippen LogP contribution in [0.25, 0.3) is 33.0 Å².